The van der Waals surface area contributed by atoms with Gasteiger partial charge in [-0.2, -0.15) is 0 Å². The van der Waals surface area contributed by atoms with Crippen molar-refractivity contribution < 1.29 is 66.5 Å². The van der Waals surface area contributed by atoms with Crippen molar-refractivity contribution >= 4 is 47.6 Å². The molecule has 0 N–H and O–H groups in total. The predicted molar refractivity (Wildman–Crippen MR) is 229 cm³/mol. The van der Waals surface area contributed by atoms with Crippen LogP contribution in [0.25, 0.3) is 12.2 Å². The molecule has 3 aliphatic heterocycles. The largest absolute Gasteiger partial charge is 0.497 e. The van der Waals surface area contributed by atoms with Crippen molar-refractivity contribution in [3.05, 3.63) is 107 Å². The molecule has 0 aromatic heterocycles. The maximum absolute atomic E-state index is 14.1. The van der Waals surface area contributed by atoms with E-state index in [2.05, 4.69) is 0 Å². The third-order valence-corrected chi connectivity index (χ3v) is 11.1. The lowest BCUT2D eigenvalue weighted by Crippen LogP contribution is -2.43. The Kier molecular flexibility index (Phi) is 17.9. The number of allylic oxidation sites excluding steroid dienone is 3. The predicted octanol–water partition coefficient (Wildman–Crippen LogP) is 6.59. The van der Waals surface area contributed by atoms with E-state index >= 15 is 0 Å². The van der Waals surface area contributed by atoms with Crippen LogP contribution in [-0.4, -0.2) is 114 Å². The number of hydrogen-bond acceptors (Lipinski definition) is 14. The lowest BCUT2D eigenvalue weighted by molar-refractivity contribution is -0.179. The molecule has 14 nitrogen and oxygen atoms in total. The molecule has 2 aromatic carbocycles. The van der Waals surface area contributed by atoms with Gasteiger partial charge in [0.05, 0.1) is 33.9 Å². The van der Waals surface area contributed by atoms with Crippen LogP contribution >= 0.6 is 11.6 Å². The molecule has 0 amide bonds. The third-order valence-electron chi connectivity index (χ3n) is 10.7. The summed E-state index contributed by atoms with van der Waals surface area (Å²) in [5.41, 5.74) is 1.41. The lowest BCUT2D eigenvalue weighted by Gasteiger charge is -2.29. The summed E-state index contributed by atoms with van der Waals surface area (Å²) in [6.07, 6.45) is 6.14. The number of ether oxygens (including phenoxy) is 10. The molecule has 334 valence electrons. The van der Waals surface area contributed by atoms with Gasteiger partial charge in [-0.1, -0.05) is 67.9 Å². The van der Waals surface area contributed by atoms with Gasteiger partial charge in [0.15, 0.2) is 18.3 Å². The number of carbonyl (C=O) groups is 4. The van der Waals surface area contributed by atoms with Crippen molar-refractivity contribution in [1.29, 1.82) is 0 Å². The standard InChI is InChI=1S/C47H55ClO14/c1-28(25-42(51)56-6)11-22-35(55-5)45-39-27-38(60-45)44(57-7)34(48)9-8-10-36(58-40(49)23-16-30-12-18-32(53-3)19-13-30)46(37-26-29(2)43(59-37)47(52)61-39)62-41(50)24-17-31-14-20-33(54-4)21-15-31/h8-24,28-29,35-39,43-46H,25-27H2,1-7H3/b10-8-,22-11+,23-16+,24-17+,34-9-/t28-,29+,35+,36+,37+,38+,39-,43+,44+,45-,46+/m0/s1. The number of halogens is 1. The molecule has 0 aliphatic carbocycles. The Labute approximate surface area is 367 Å². The van der Waals surface area contributed by atoms with Crippen LogP contribution in [0.1, 0.15) is 44.2 Å². The first-order valence-electron chi connectivity index (χ1n) is 20.3. The second-order valence-electron chi connectivity index (χ2n) is 15.1. The van der Waals surface area contributed by atoms with Crippen LogP contribution < -0.4 is 9.47 Å². The molecule has 2 fully saturated rings. The fraction of sp³-hybridized carbons (Fsp3) is 0.447. The minimum absolute atomic E-state index is 0.156. The maximum Gasteiger partial charge on any atom is 0.335 e. The zero-order valence-corrected chi connectivity index (χ0v) is 36.6. The van der Waals surface area contributed by atoms with Crippen molar-refractivity contribution in [3.8, 4) is 11.5 Å². The van der Waals surface area contributed by atoms with Crippen molar-refractivity contribution in [1.82, 2.24) is 0 Å². The normalized spacial score (nSPS) is 28.9. The van der Waals surface area contributed by atoms with Gasteiger partial charge < -0.3 is 47.4 Å². The van der Waals surface area contributed by atoms with Gasteiger partial charge in [-0.25, -0.2) is 14.4 Å². The van der Waals surface area contributed by atoms with Crippen LogP contribution in [0.15, 0.2) is 96.1 Å². The van der Waals surface area contributed by atoms with E-state index in [0.717, 1.165) is 0 Å². The molecule has 0 spiro atoms. The second-order valence-corrected chi connectivity index (χ2v) is 15.5. The number of methoxy groups -OCH3 is 5. The summed E-state index contributed by atoms with van der Waals surface area (Å²) in [6, 6.07) is 14.1. The molecule has 0 unspecified atom stereocenters. The van der Waals surface area contributed by atoms with E-state index in [0.29, 0.717) is 22.6 Å². The molecule has 15 heteroatoms. The molecular formula is C47H55ClO14. The zero-order chi connectivity index (χ0) is 44.8. The van der Waals surface area contributed by atoms with Crippen LogP contribution in [0, 0.1) is 11.8 Å². The molecule has 62 heavy (non-hydrogen) atoms. The first kappa shape index (κ1) is 47.8. The number of hydrogen-bond donors (Lipinski definition) is 0. The van der Waals surface area contributed by atoms with Gasteiger partial charge >= 0.3 is 23.9 Å². The van der Waals surface area contributed by atoms with E-state index in [1.165, 1.54) is 39.6 Å². The summed E-state index contributed by atoms with van der Waals surface area (Å²) < 4.78 is 58.1. The Bertz CT molecular complexity index is 1970. The van der Waals surface area contributed by atoms with Crippen molar-refractivity contribution in [2.45, 2.75) is 88.0 Å². The number of rotatable bonds is 15. The fourth-order valence-electron chi connectivity index (χ4n) is 7.40. The fourth-order valence-corrected chi connectivity index (χ4v) is 7.70. The molecule has 4 bridgehead atoms. The molecule has 5 rings (SSSR count). The molecule has 2 aromatic rings. The first-order chi connectivity index (χ1) is 29.8. The van der Waals surface area contributed by atoms with Crippen molar-refractivity contribution in [2.24, 2.45) is 11.8 Å². The van der Waals surface area contributed by atoms with E-state index in [1.54, 1.807) is 93.1 Å². The van der Waals surface area contributed by atoms with Gasteiger partial charge in [0.25, 0.3) is 0 Å². The highest BCUT2D eigenvalue weighted by Gasteiger charge is 2.50. The minimum atomic E-state index is -1.24. The highest BCUT2D eigenvalue weighted by molar-refractivity contribution is 6.30. The van der Waals surface area contributed by atoms with Crippen LogP contribution in [0.3, 0.4) is 0 Å². The average Bonchev–Trinajstić information content (AvgIpc) is 3.87. The second kappa shape index (κ2) is 23.3. The number of fused-ring (bicyclic) bond motifs is 4. The van der Waals surface area contributed by atoms with Gasteiger partial charge in [0.2, 0.25) is 0 Å². The number of esters is 4. The third kappa shape index (κ3) is 13.1. The van der Waals surface area contributed by atoms with E-state index < -0.39 is 78.8 Å². The Morgan fingerprint density at radius 1 is 0.806 bits per heavy atom. The Morgan fingerprint density at radius 2 is 1.42 bits per heavy atom. The first-order valence-corrected chi connectivity index (χ1v) is 20.7. The van der Waals surface area contributed by atoms with Gasteiger partial charge in [-0.05, 0) is 78.0 Å². The summed E-state index contributed by atoms with van der Waals surface area (Å²) in [6.45, 7) is 3.69. The van der Waals surface area contributed by atoms with Gasteiger partial charge in [0, 0.05) is 37.8 Å². The summed E-state index contributed by atoms with van der Waals surface area (Å²) in [5, 5.41) is 0.220. The Morgan fingerprint density at radius 3 is 1.98 bits per heavy atom. The quantitative estimate of drug-likeness (QED) is 0.0815. The van der Waals surface area contributed by atoms with E-state index in [1.807, 2.05) is 19.9 Å². The van der Waals surface area contributed by atoms with Gasteiger partial charge in [0.1, 0.15) is 42.0 Å². The maximum atomic E-state index is 14.1. The molecule has 0 radical (unpaired) electrons. The smallest absolute Gasteiger partial charge is 0.335 e. The SMILES string of the molecule is COC(=O)C[C@@H](C)/C=C/[C@@H](OC)[C@@H]1O[C@@H]2C[C@@H]1OC(=O)[C@@H]1O[C@H](C[C@H]1C)[C@H](OC(=O)/C=C/c1ccc(OC)cc1)[C@H](OC(=O)/C=C/c1ccc(OC)cc1)/C=C\C=C(/Cl)[C@H]2OC. The summed E-state index contributed by atoms with van der Waals surface area (Å²) in [7, 11) is 7.43. The highest BCUT2D eigenvalue weighted by atomic mass is 35.5. The lowest BCUT2D eigenvalue weighted by atomic mass is 9.96. The van der Waals surface area contributed by atoms with E-state index in [4.69, 9.17) is 59.0 Å². The number of benzene rings is 2. The molecule has 0 saturated carbocycles. The average molecular weight is 879 g/mol. The van der Waals surface area contributed by atoms with Crippen LogP contribution in [0.5, 0.6) is 11.5 Å². The van der Waals surface area contributed by atoms with E-state index in [9.17, 15) is 19.2 Å². The van der Waals surface area contributed by atoms with Crippen LogP contribution in [-0.2, 0) is 57.1 Å². The monoisotopic (exact) mass is 878 g/mol. The Balaban J connectivity index is 1.49. The van der Waals surface area contributed by atoms with E-state index in [-0.39, 0.29) is 36.2 Å². The Hall–Kier alpha value is -5.25. The molecule has 3 aliphatic rings. The molecule has 2 saturated heterocycles. The van der Waals surface area contributed by atoms with Gasteiger partial charge in [-0.15, -0.1) is 0 Å². The summed E-state index contributed by atoms with van der Waals surface area (Å²) >= 11 is 6.90. The van der Waals surface area contributed by atoms with Gasteiger partial charge in [-0.3, -0.25) is 4.79 Å². The van der Waals surface area contributed by atoms with Crippen molar-refractivity contribution in [3.63, 3.8) is 0 Å². The van der Waals surface area contributed by atoms with Crippen LogP contribution in [0.4, 0.5) is 0 Å². The zero-order valence-electron chi connectivity index (χ0n) is 35.9. The minimum Gasteiger partial charge on any atom is -0.497 e. The number of carbonyl (C=O) groups excluding carboxylic acids is 4. The summed E-state index contributed by atoms with van der Waals surface area (Å²) in [5.74, 6) is -1.81. The van der Waals surface area contributed by atoms with Crippen molar-refractivity contribution in [2.75, 3.05) is 35.5 Å². The summed E-state index contributed by atoms with van der Waals surface area (Å²) in [4.78, 5) is 53.1. The molecule has 3 heterocycles. The topological polar surface area (TPSA) is 161 Å². The van der Waals surface area contributed by atoms with Crippen LogP contribution in [0.2, 0.25) is 0 Å². The molecular weight excluding hydrogens is 824 g/mol. The highest BCUT2D eigenvalue weighted by Crippen LogP contribution is 2.37. The molecule has 11 atom stereocenters.